The highest BCUT2D eigenvalue weighted by atomic mass is 16.6. The van der Waals surface area contributed by atoms with Crippen LogP contribution in [0.4, 0.5) is 0 Å². The maximum atomic E-state index is 12.2. The summed E-state index contributed by atoms with van der Waals surface area (Å²) in [6.07, 6.45) is 5.37. The Kier molecular flexibility index (Phi) is 5.00. The van der Waals surface area contributed by atoms with Crippen molar-refractivity contribution in [3.05, 3.63) is 42.0 Å². The summed E-state index contributed by atoms with van der Waals surface area (Å²) in [5.74, 6) is -1.12. The maximum Gasteiger partial charge on any atom is 0.331 e. The summed E-state index contributed by atoms with van der Waals surface area (Å²) in [5.41, 5.74) is 0.933. The number of carbonyl (C=O) groups excluding carboxylic acids is 2. The standard InChI is InChI=1S/C19H23NO4/c1-20-14-9-10-15(20)18(19(22)23-2)16(12-14)24-17(21)11-8-13-6-4-3-5-7-13/h3-8,11,14-16,18H,9-10,12H2,1-2H3/b11-8+. The molecule has 2 bridgehead atoms. The number of carbonyl (C=O) groups is 2. The minimum Gasteiger partial charge on any atom is -0.469 e. The SMILES string of the molecule is COC(=O)C1C(OC(=O)/C=C/c2ccccc2)CC2CCC1N2C. The predicted octanol–water partition coefficient (Wildman–Crippen LogP) is 2.27. The zero-order chi connectivity index (χ0) is 17.1. The van der Waals surface area contributed by atoms with Gasteiger partial charge in [0, 0.05) is 24.6 Å². The van der Waals surface area contributed by atoms with Crippen molar-refractivity contribution in [1.29, 1.82) is 0 Å². The molecule has 2 aliphatic heterocycles. The number of esters is 2. The van der Waals surface area contributed by atoms with Crippen LogP contribution < -0.4 is 0 Å². The van der Waals surface area contributed by atoms with Gasteiger partial charge in [-0.05, 0) is 31.5 Å². The Balaban J connectivity index is 1.69. The number of ether oxygens (including phenoxy) is 2. The largest absolute Gasteiger partial charge is 0.469 e. The molecule has 1 aromatic carbocycles. The van der Waals surface area contributed by atoms with E-state index in [4.69, 9.17) is 9.47 Å². The number of rotatable bonds is 4. The highest BCUT2D eigenvalue weighted by molar-refractivity contribution is 5.87. The second-order valence-corrected chi connectivity index (χ2v) is 6.47. The van der Waals surface area contributed by atoms with Gasteiger partial charge < -0.3 is 9.47 Å². The Morgan fingerprint density at radius 3 is 2.67 bits per heavy atom. The number of fused-ring (bicyclic) bond motifs is 2. The first-order valence-electron chi connectivity index (χ1n) is 8.33. The van der Waals surface area contributed by atoms with E-state index in [1.54, 1.807) is 6.08 Å². The van der Waals surface area contributed by atoms with Crippen LogP contribution in [0.25, 0.3) is 6.08 Å². The van der Waals surface area contributed by atoms with Crippen molar-refractivity contribution in [3.8, 4) is 0 Å². The van der Waals surface area contributed by atoms with Gasteiger partial charge in [-0.3, -0.25) is 9.69 Å². The normalized spacial score (nSPS) is 29.6. The Hall–Kier alpha value is -2.14. The minimum absolute atomic E-state index is 0.0899. The van der Waals surface area contributed by atoms with Crippen LogP contribution in [0, 0.1) is 5.92 Å². The second kappa shape index (κ2) is 7.18. The molecule has 128 valence electrons. The van der Waals surface area contributed by atoms with Crippen molar-refractivity contribution >= 4 is 18.0 Å². The average Bonchev–Trinajstić information content (AvgIpc) is 2.83. The number of benzene rings is 1. The van der Waals surface area contributed by atoms with Crippen molar-refractivity contribution in [2.75, 3.05) is 14.2 Å². The fourth-order valence-electron chi connectivity index (χ4n) is 3.90. The van der Waals surface area contributed by atoms with Gasteiger partial charge in [-0.2, -0.15) is 0 Å². The van der Waals surface area contributed by atoms with E-state index in [1.165, 1.54) is 13.2 Å². The summed E-state index contributed by atoms with van der Waals surface area (Å²) in [6.45, 7) is 0. The van der Waals surface area contributed by atoms with Crippen LogP contribution in [0.1, 0.15) is 24.8 Å². The van der Waals surface area contributed by atoms with Crippen LogP contribution in [-0.2, 0) is 19.1 Å². The molecule has 0 spiro atoms. The molecule has 2 fully saturated rings. The van der Waals surface area contributed by atoms with Crippen LogP contribution in [-0.4, -0.2) is 49.2 Å². The number of methoxy groups -OCH3 is 1. The van der Waals surface area contributed by atoms with Crippen LogP contribution in [0.2, 0.25) is 0 Å². The Morgan fingerprint density at radius 2 is 1.96 bits per heavy atom. The average molecular weight is 329 g/mol. The summed E-state index contributed by atoms with van der Waals surface area (Å²) >= 11 is 0. The summed E-state index contributed by atoms with van der Waals surface area (Å²) in [6, 6.07) is 10.0. The molecule has 4 unspecified atom stereocenters. The molecule has 2 saturated heterocycles. The van der Waals surface area contributed by atoms with Crippen LogP contribution in [0.5, 0.6) is 0 Å². The fourth-order valence-corrected chi connectivity index (χ4v) is 3.90. The molecular formula is C19H23NO4. The highest BCUT2D eigenvalue weighted by Gasteiger charge is 2.50. The van der Waals surface area contributed by atoms with Gasteiger partial charge in [0.25, 0.3) is 0 Å². The summed E-state index contributed by atoms with van der Waals surface area (Å²) in [5, 5.41) is 0. The van der Waals surface area contributed by atoms with Gasteiger partial charge in [0.2, 0.25) is 0 Å². The van der Waals surface area contributed by atoms with Crippen LogP contribution >= 0.6 is 0 Å². The monoisotopic (exact) mass is 329 g/mol. The number of hydrogen-bond acceptors (Lipinski definition) is 5. The minimum atomic E-state index is -0.418. The quantitative estimate of drug-likeness (QED) is 0.626. The number of nitrogens with zero attached hydrogens (tertiary/aromatic N) is 1. The van der Waals surface area contributed by atoms with Gasteiger partial charge in [0.1, 0.15) is 12.0 Å². The van der Waals surface area contributed by atoms with E-state index in [0.29, 0.717) is 12.5 Å². The van der Waals surface area contributed by atoms with Gasteiger partial charge in [-0.15, -0.1) is 0 Å². The van der Waals surface area contributed by atoms with E-state index in [0.717, 1.165) is 18.4 Å². The Morgan fingerprint density at radius 1 is 1.21 bits per heavy atom. The zero-order valence-electron chi connectivity index (χ0n) is 14.1. The van der Waals surface area contributed by atoms with E-state index in [-0.39, 0.29) is 12.0 Å². The molecule has 2 heterocycles. The van der Waals surface area contributed by atoms with Crippen molar-refractivity contribution in [2.45, 2.75) is 37.5 Å². The first-order chi connectivity index (χ1) is 11.6. The van der Waals surface area contributed by atoms with Gasteiger partial charge in [0.15, 0.2) is 0 Å². The highest BCUT2D eigenvalue weighted by Crippen LogP contribution is 2.40. The number of hydrogen-bond donors (Lipinski definition) is 0. The molecule has 0 N–H and O–H groups in total. The first kappa shape index (κ1) is 16.7. The molecule has 4 atom stereocenters. The topological polar surface area (TPSA) is 55.8 Å². The fraction of sp³-hybridized carbons (Fsp3) is 0.474. The predicted molar refractivity (Wildman–Crippen MR) is 90.1 cm³/mol. The van der Waals surface area contributed by atoms with Gasteiger partial charge in [-0.1, -0.05) is 30.3 Å². The Bertz CT molecular complexity index is 628. The molecule has 2 aliphatic rings. The molecule has 0 aliphatic carbocycles. The third-order valence-electron chi connectivity index (χ3n) is 5.17. The molecule has 5 heteroatoms. The second-order valence-electron chi connectivity index (χ2n) is 6.47. The van der Waals surface area contributed by atoms with Crippen molar-refractivity contribution in [1.82, 2.24) is 4.90 Å². The van der Waals surface area contributed by atoms with Crippen molar-refractivity contribution in [3.63, 3.8) is 0 Å². The van der Waals surface area contributed by atoms with E-state index in [1.807, 2.05) is 37.4 Å². The lowest BCUT2D eigenvalue weighted by atomic mass is 9.87. The van der Waals surface area contributed by atoms with Crippen LogP contribution in [0.3, 0.4) is 0 Å². The third kappa shape index (κ3) is 3.36. The third-order valence-corrected chi connectivity index (χ3v) is 5.17. The van der Waals surface area contributed by atoms with Gasteiger partial charge >= 0.3 is 11.9 Å². The smallest absolute Gasteiger partial charge is 0.331 e. The van der Waals surface area contributed by atoms with Crippen molar-refractivity contribution in [2.24, 2.45) is 5.92 Å². The molecule has 3 rings (SSSR count). The molecule has 0 radical (unpaired) electrons. The van der Waals surface area contributed by atoms with Crippen molar-refractivity contribution < 1.29 is 19.1 Å². The summed E-state index contributed by atoms with van der Waals surface area (Å²) in [7, 11) is 3.42. The lowest BCUT2D eigenvalue weighted by molar-refractivity contribution is -0.165. The van der Waals surface area contributed by atoms with E-state index < -0.39 is 18.0 Å². The molecule has 5 nitrogen and oxygen atoms in total. The van der Waals surface area contributed by atoms with Crippen LogP contribution in [0.15, 0.2) is 36.4 Å². The van der Waals surface area contributed by atoms with Gasteiger partial charge in [0.05, 0.1) is 7.11 Å². The molecular weight excluding hydrogens is 306 g/mol. The summed E-state index contributed by atoms with van der Waals surface area (Å²) < 4.78 is 10.6. The van der Waals surface area contributed by atoms with E-state index in [2.05, 4.69) is 4.90 Å². The first-order valence-corrected chi connectivity index (χ1v) is 8.33. The summed E-state index contributed by atoms with van der Waals surface area (Å²) in [4.78, 5) is 26.6. The Labute approximate surface area is 142 Å². The molecule has 0 amide bonds. The van der Waals surface area contributed by atoms with E-state index in [9.17, 15) is 9.59 Å². The van der Waals surface area contributed by atoms with E-state index >= 15 is 0 Å². The molecule has 1 aromatic rings. The maximum absolute atomic E-state index is 12.2. The molecule has 24 heavy (non-hydrogen) atoms. The lowest BCUT2D eigenvalue weighted by Crippen LogP contribution is -2.53. The van der Waals surface area contributed by atoms with Gasteiger partial charge in [-0.25, -0.2) is 4.79 Å². The molecule has 0 aromatic heterocycles. The lowest BCUT2D eigenvalue weighted by Gasteiger charge is -2.40. The number of piperidine rings is 1. The zero-order valence-corrected chi connectivity index (χ0v) is 14.1. The molecule has 0 saturated carbocycles.